The standard InChI is InChI=1S/C26H32BrF2N5O3S/c1-19(35)10-6-4-3-5-7-14-24(34-26(30-2)21(27)17-32-34)31-16-20-11-9-15-33(18-20)38(36,37)25-22(28)12-8-13-23(25)29/h3-6,8,10,12-14,17,20,30-31,35H,7,9,11,15-16,18H2,1-2H3/b5-3+,6-4-,19-10+,24-14-. The van der Waals surface area contributed by atoms with Gasteiger partial charge in [0.1, 0.15) is 23.3 Å². The molecule has 206 valence electrons. The van der Waals surface area contributed by atoms with Crippen molar-refractivity contribution in [1.82, 2.24) is 19.4 Å². The fraction of sp³-hybridized carbons (Fsp3) is 0.346. The maximum Gasteiger partial charge on any atom is 0.248 e. The number of rotatable bonds is 11. The second kappa shape index (κ2) is 13.7. The normalized spacial score (nSPS) is 18.0. The van der Waals surface area contributed by atoms with Gasteiger partial charge in [0, 0.05) is 26.7 Å². The van der Waals surface area contributed by atoms with Crippen molar-refractivity contribution in [3.63, 3.8) is 0 Å². The molecule has 2 heterocycles. The molecule has 3 N–H and O–H groups in total. The zero-order valence-corrected chi connectivity index (χ0v) is 23.6. The van der Waals surface area contributed by atoms with Crippen LogP contribution in [0.25, 0.3) is 5.82 Å². The maximum atomic E-state index is 14.3. The molecular weight excluding hydrogens is 580 g/mol. The summed E-state index contributed by atoms with van der Waals surface area (Å²) in [5, 5.41) is 20.1. The van der Waals surface area contributed by atoms with Crippen LogP contribution in [0.1, 0.15) is 26.2 Å². The Labute approximate surface area is 230 Å². The average molecular weight is 613 g/mol. The third-order valence-corrected chi connectivity index (χ3v) is 8.40. The zero-order valence-electron chi connectivity index (χ0n) is 21.2. The monoisotopic (exact) mass is 611 g/mol. The number of sulfonamides is 1. The summed E-state index contributed by atoms with van der Waals surface area (Å²) in [6, 6.07) is 3.05. The predicted molar refractivity (Wildman–Crippen MR) is 149 cm³/mol. The van der Waals surface area contributed by atoms with E-state index >= 15 is 0 Å². The Morgan fingerprint density at radius 2 is 2.00 bits per heavy atom. The molecule has 0 bridgehead atoms. The molecule has 1 fully saturated rings. The van der Waals surface area contributed by atoms with Crippen molar-refractivity contribution < 1.29 is 22.3 Å². The molecule has 1 aromatic heterocycles. The zero-order chi connectivity index (χ0) is 27.7. The smallest absolute Gasteiger partial charge is 0.248 e. The van der Waals surface area contributed by atoms with E-state index in [1.54, 1.807) is 43.1 Å². The number of nitrogens with zero attached hydrogens (tertiary/aromatic N) is 3. The minimum absolute atomic E-state index is 0.0826. The lowest BCUT2D eigenvalue weighted by Gasteiger charge is -2.32. The van der Waals surface area contributed by atoms with Gasteiger partial charge < -0.3 is 15.7 Å². The van der Waals surface area contributed by atoms with E-state index in [0.717, 1.165) is 39.2 Å². The molecule has 1 atom stereocenters. The van der Waals surface area contributed by atoms with Gasteiger partial charge in [0.05, 0.1) is 16.4 Å². The molecule has 0 amide bonds. The van der Waals surface area contributed by atoms with Crippen molar-refractivity contribution in [3.8, 4) is 0 Å². The second-order valence-corrected chi connectivity index (χ2v) is 11.5. The number of piperidine rings is 1. The first-order valence-corrected chi connectivity index (χ1v) is 14.4. The average Bonchev–Trinajstić information content (AvgIpc) is 3.25. The number of nitrogens with one attached hydrogen (secondary N) is 2. The quantitative estimate of drug-likeness (QED) is 0.232. The number of halogens is 3. The van der Waals surface area contributed by atoms with Gasteiger partial charge in [-0.15, -0.1) is 0 Å². The van der Waals surface area contributed by atoms with Crippen LogP contribution in [0.3, 0.4) is 0 Å². The molecule has 1 aromatic carbocycles. The summed E-state index contributed by atoms with van der Waals surface area (Å²) >= 11 is 3.47. The largest absolute Gasteiger partial charge is 0.513 e. The Morgan fingerprint density at radius 3 is 2.68 bits per heavy atom. The van der Waals surface area contributed by atoms with Gasteiger partial charge in [-0.05, 0) is 72.3 Å². The summed E-state index contributed by atoms with van der Waals surface area (Å²) in [5.41, 5.74) is 0. The number of allylic oxidation sites excluding steroid dienone is 7. The van der Waals surface area contributed by atoms with Crippen molar-refractivity contribution >= 4 is 37.6 Å². The molecule has 3 rings (SSSR count). The summed E-state index contributed by atoms with van der Waals surface area (Å²) in [7, 11) is -2.53. The third kappa shape index (κ3) is 7.55. The molecule has 0 spiro atoms. The molecule has 8 nitrogen and oxygen atoms in total. The molecular formula is C26H32BrF2N5O3S. The van der Waals surface area contributed by atoms with Crippen LogP contribution in [-0.2, 0) is 10.0 Å². The number of aliphatic hydroxyl groups excluding tert-OH is 1. The van der Waals surface area contributed by atoms with Crippen molar-refractivity contribution in [1.29, 1.82) is 0 Å². The van der Waals surface area contributed by atoms with Gasteiger partial charge in [0.2, 0.25) is 10.0 Å². The summed E-state index contributed by atoms with van der Waals surface area (Å²) in [6.07, 6.45) is 14.4. The fourth-order valence-electron chi connectivity index (χ4n) is 4.08. The van der Waals surface area contributed by atoms with Crippen molar-refractivity contribution in [2.45, 2.75) is 31.1 Å². The molecule has 12 heteroatoms. The van der Waals surface area contributed by atoms with E-state index in [0.29, 0.717) is 25.2 Å². The number of benzene rings is 1. The number of hydrogen-bond acceptors (Lipinski definition) is 6. The first kappa shape index (κ1) is 29.6. The van der Waals surface area contributed by atoms with Gasteiger partial charge in [-0.25, -0.2) is 21.9 Å². The topological polar surface area (TPSA) is 99.5 Å². The Hall–Kier alpha value is -2.96. The van der Waals surface area contributed by atoms with Gasteiger partial charge in [0.15, 0.2) is 4.90 Å². The molecule has 1 unspecified atom stereocenters. The number of anilines is 1. The molecule has 1 aliphatic rings. The van der Waals surface area contributed by atoms with E-state index in [9.17, 15) is 22.3 Å². The minimum atomic E-state index is -4.31. The SMILES string of the molecule is CNc1c(Br)cnn1/C(=C\C/C=C/C=C\C=C(/C)O)NCC1CCCN(S(=O)(=O)c2c(F)cccc2F)C1. The second-order valence-electron chi connectivity index (χ2n) is 8.75. The van der Waals surface area contributed by atoms with Crippen LogP contribution >= 0.6 is 15.9 Å². The van der Waals surface area contributed by atoms with Crippen LogP contribution in [0.2, 0.25) is 0 Å². The highest BCUT2D eigenvalue weighted by atomic mass is 79.9. The number of hydrogen-bond donors (Lipinski definition) is 3. The first-order chi connectivity index (χ1) is 18.1. The maximum absolute atomic E-state index is 14.3. The fourth-order valence-corrected chi connectivity index (χ4v) is 6.21. The first-order valence-electron chi connectivity index (χ1n) is 12.1. The molecule has 2 aromatic rings. The van der Waals surface area contributed by atoms with Crippen LogP contribution in [0.15, 0.2) is 76.0 Å². The van der Waals surface area contributed by atoms with Crippen LogP contribution in [0.5, 0.6) is 0 Å². The molecule has 1 aliphatic heterocycles. The predicted octanol–water partition coefficient (Wildman–Crippen LogP) is 5.42. The molecule has 0 radical (unpaired) electrons. The van der Waals surface area contributed by atoms with Crippen LogP contribution in [0, 0.1) is 17.6 Å². The van der Waals surface area contributed by atoms with E-state index in [-0.39, 0.29) is 24.8 Å². The van der Waals surface area contributed by atoms with Gasteiger partial charge in [-0.1, -0.05) is 30.4 Å². The summed E-state index contributed by atoms with van der Waals surface area (Å²) in [4.78, 5) is -0.903. The number of aliphatic hydroxyl groups is 1. The highest BCUT2D eigenvalue weighted by Gasteiger charge is 2.34. The Kier molecular flexibility index (Phi) is 10.7. The highest BCUT2D eigenvalue weighted by Crippen LogP contribution is 2.28. The summed E-state index contributed by atoms with van der Waals surface area (Å²) in [6.45, 7) is 2.37. The van der Waals surface area contributed by atoms with Crippen molar-refractivity contribution in [3.05, 3.63) is 82.7 Å². The van der Waals surface area contributed by atoms with Crippen LogP contribution in [-0.4, -0.2) is 54.3 Å². The van der Waals surface area contributed by atoms with E-state index in [1.807, 2.05) is 18.2 Å². The van der Waals surface area contributed by atoms with Gasteiger partial charge >= 0.3 is 0 Å². The summed E-state index contributed by atoms with van der Waals surface area (Å²) in [5.74, 6) is -0.618. The van der Waals surface area contributed by atoms with Crippen LogP contribution in [0.4, 0.5) is 14.6 Å². The molecule has 0 aliphatic carbocycles. The summed E-state index contributed by atoms with van der Waals surface area (Å²) < 4.78 is 58.3. The Balaban J connectivity index is 1.74. The van der Waals surface area contributed by atoms with E-state index in [1.165, 1.54) is 0 Å². The van der Waals surface area contributed by atoms with E-state index in [2.05, 4.69) is 31.7 Å². The molecule has 38 heavy (non-hydrogen) atoms. The van der Waals surface area contributed by atoms with E-state index in [4.69, 9.17) is 0 Å². The van der Waals surface area contributed by atoms with Crippen molar-refractivity contribution in [2.75, 3.05) is 32.0 Å². The lowest BCUT2D eigenvalue weighted by Crippen LogP contribution is -2.43. The lowest BCUT2D eigenvalue weighted by atomic mass is 10.00. The van der Waals surface area contributed by atoms with Crippen molar-refractivity contribution in [2.24, 2.45) is 5.92 Å². The van der Waals surface area contributed by atoms with Gasteiger partial charge in [-0.2, -0.15) is 9.40 Å². The highest BCUT2D eigenvalue weighted by molar-refractivity contribution is 9.10. The third-order valence-electron chi connectivity index (χ3n) is 5.90. The van der Waals surface area contributed by atoms with E-state index < -0.39 is 26.6 Å². The Morgan fingerprint density at radius 1 is 1.26 bits per heavy atom. The van der Waals surface area contributed by atoms with Gasteiger partial charge in [-0.3, -0.25) is 0 Å². The van der Waals surface area contributed by atoms with Crippen LogP contribution < -0.4 is 10.6 Å². The lowest BCUT2D eigenvalue weighted by molar-refractivity contribution is 0.263. The Bertz CT molecular complexity index is 1310. The van der Waals surface area contributed by atoms with Gasteiger partial charge in [0.25, 0.3) is 0 Å². The molecule has 1 saturated heterocycles. The minimum Gasteiger partial charge on any atom is -0.513 e. The number of aromatic nitrogens is 2. The molecule has 0 saturated carbocycles.